The Morgan fingerprint density at radius 1 is 1.73 bits per heavy atom. The van der Waals surface area contributed by atoms with Crippen LogP contribution in [0, 0.1) is 0 Å². The van der Waals surface area contributed by atoms with E-state index in [4.69, 9.17) is 5.73 Å². The average Bonchev–Trinajstić information content (AvgIpc) is 2.07. The fourth-order valence-electron chi connectivity index (χ4n) is 0.694. The monoisotopic (exact) mass is 150 g/mol. The van der Waals surface area contributed by atoms with Crippen molar-refractivity contribution < 1.29 is 0 Å². The molecule has 0 fully saturated rings. The lowest BCUT2D eigenvalue weighted by Gasteiger charge is -1.95. The van der Waals surface area contributed by atoms with Gasteiger partial charge in [-0.3, -0.25) is 4.99 Å². The molecule has 0 saturated heterocycles. The highest BCUT2D eigenvalue weighted by Crippen LogP contribution is 1.89. The Balaban J connectivity index is 2.85. The second kappa shape index (κ2) is 3.65. The molecule has 0 radical (unpaired) electrons. The molecule has 0 aliphatic carbocycles. The van der Waals surface area contributed by atoms with Crippen molar-refractivity contribution in [3.8, 4) is 0 Å². The standard InChI is InChI=1S/C7H10N4/c1-2-10-7(8)6-3-4-9-5-11-6/h3-5H,2H2,1H3,(H2,8,10). The maximum absolute atomic E-state index is 5.57. The van der Waals surface area contributed by atoms with Crippen LogP contribution in [0.1, 0.15) is 12.6 Å². The van der Waals surface area contributed by atoms with Crippen LogP contribution in [0.2, 0.25) is 0 Å². The summed E-state index contributed by atoms with van der Waals surface area (Å²) in [5.74, 6) is 0.468. The molecule has 58 valence electrons. The van der Waals surface area contributed by atoms with Crippen LogP contribution in [0.15, 0.2) is 23.6 Å². The predicted octanol–water partition coefficient (Wildman–Crippen LogP) is 0.202. The Hall–Kier alpha value is -1.45. The number of aromatic nitrogens is 2. The average molecular weight is 150 g/mol. The van der Waals surface area contributed by atoms with Gasteiger partial charge >= 0.3 is 0 Å². The third-order valence-corrected chi connectivity index (χ3v) is 1.17. The minimum atomic E-state index is 0.468. The number of hydrogen-bond acceptors (Lipinski definition) is 3. The zero-order valence-corrected chi connectivity index (χ0v) is 6.36. The second-order valence-electron chi connectivity index (χ2n) is 1.95. The highest BCUT2D eigenvalue weighted by molar-refractivity contribution is 5.95. The third-order valence-electron chi connectivity index (χ3n) is 1.17. The van der Waals surface area contributed by atoms with Crippen LogP contribution in [-0.4, -0.2) is 22.3 Å². The van der Waals surface area contributed by atoms with Gasteiger partial charge in [-0.25, -0.2) is 9.97 Å². The summed E-state index contributed by atoms with van der Waals surface area (Å²) < 4.78 is 0. The van der Waals surface area contributed by atoms with Crippen LogP contribution in [0.3, 0.4) is 0 Å². The topological polar surface area (TPSA) is 64.2 Å². The zero-order chi connectivity index (χ0) is 8.10. The summed E-state index contributed by atoms with van der Waals surface area (Å²) in [4.78, 5) is 11.7. The number of rotatable bonds is 2. The molecule has 1 aromatic rings. The normalized spacial score (nSPS) is 11.5. The molecule has 4 nitrogen and oxygen atoms in total. The van der Waals surface area contributed by atoms with E-state index in [9.17, 15) is 0 Å². The fraction of sp³-hybridized carbons (Fsp3) is 0.286. The molecular formula is C7H10N4. The quantitative estimate of drug-likeness (QED) is 0.484. The van der Waals surface area contributed by atoms with Gasteiger partial charge in [0.1, 0.15) is 17.9 Å². The molecule has 0 saturated carbocycles. The molecule has 1 heterocycles. The smallest absolute Gasteiger partial charge is 0.144 e. The molecule has 0 amide bonds. The highest BCUT2D eigenvalue weighted by Gasteiger charge is 1.95. The fourth-order valence-corrected chi connectivity index (χ4v) is 0.694. The lowest BCUT2D eigenvalue weighted by atomic mass is 10.4. The van der Waals surface area contributed by atoms with E-state index in [1.807, 2.05) is 6.92 Å². The van der Waals surface area contributed by atoms with E-state index in [1.165, 1.54) is 6.33 Å². The number of nitrogens with two attached hydrogens (primary N) is 1. The van der Waals surface area contributed by atoms with Crippen LogP contribution in [-0.2, 0) is 0 Å². The summed E-state index contributed by atoms with van der Waals surface area (Å²) in [7, 11) is 0. The first-order valence-electron chi connectivity index (χ1n) is 3.41. The van der Waals surface area contributed by atoms with Gasteiger partial charge in [-0.05, 0) is 13.0 Å². The maximum Gasteiger partial charge on any atom is 0.144 e. The molecule has 1 rings (SSSR count). The minimum absolute atomic E-state index is 0.468. The van der Waals surface area contributed by atoms with E-state index in [1.54, 1.807) is 12.3 Å². The molecule has 0 aromatic carbocycles. The van der Waals surface area contributed by atoms with Crippen LogP contribution in [0.4, 0.5) is 0 Å². The van der Waals surface area contributed by atoms with E-state index in [0.717, 1.165) is 0 Å². The highest BCUT2D eigenvalue weighted by atomic mass is 14.9. The molecule has 11 heavy (non-hydrogen) atoms. The van der Waals surface area contributed by atoms with Gasteiger partial charge in [0.05, 0.1) is 0 Å². The molecule has 4 heteroatoms. The van der Waals surface area contributed by atoms with Crippen LogP contribution < -0.4 is 5.73 Å². The first kappa shape index (κ1) is 7.65. The Morgan fingerprint density at radius 3 is 3.09 bits per heavy atom. The van der Waals surface area contributed by atoms with Crippen LogP contribution >= 0.6 is 0 Å². The SMILES string of the molecule is CCN=C(N)c1ccncn1. The van der Waals surface area contributed by atoms with Gasteiger partial charge in [-0.1, -0.05) is 0 Å². The Kier molecular flexibility index (Phi) is 2.54. The molecule has 0 unspecified atom stereocenters. The largest absolute Gasteiger partial charge is 0.382 e. The summed E-state index contributed by atoms with van der Waals surface area (Å²) in [6.07, 6.45) is 3.09. The van der Waals surface area contributed by atoms with Crippen molar-refractivity contribution >= 4 is 5.84 Å². The van der Waals surface area contributed by atoms with Crippen molar-refractivity contribution in [2.75, 3.05) is 6.54 Å². The summed E-state index contributed by atoms with van der Waals surface area (Å²) in [6, 6.07) is 1.73. The van der Waals surface area contributed by atoms with E-state index >= 15 is 0 Å². The van der Waals surface area contributed by atoms with E-state index in [-0.39, 0.29) is 0 Å². The summed E-state index contributed by atoms with van der Waals surface area (Å²) in [5.41, 5.74) is 6.25. The van der Waals surface area contributed by atoms with Gasteiger partial charge in [-0.15, -0.1) is 0 Å². The van der Waals surface area contributed by atoms with Crippen molar-refractivity contribution in [1.29, 1.82) is 0 Å². The Morgan fingerprint density at radius 2 is 2.55 bits per heavy atom. The molecule has 2 N–H and O–H groups in total. The summed E-state index contributed by atoms with van der Waals surface area (Å²) in [5, 5.41) is 0. The third kappa shape index (κ3) is 2.00. The Bertz CT molecular complexity index is 242. The van der Waals surface area contributed by atoms with Gasteiger partial charge in [0.25, 0.3) is 0 Å². The lowest BCUT2D eigenvalue weighted by molar-refractivity contribution is 1.09. The summed E-state index contributed by atoms with van der Waals surface area (Å²) >= 11 is 0. The van der Waals surface area contributed by atoms with Gasteiger partial charge < -0.3 is 5.73 Å². The van der Waals surface area contributed by atoms with E-state index in [2.05, 4.69) is 15.0 Å². The molecular weight excluding hydrogens is 140 g/mol. The minimum Gasteiger partial charge on any atom is -0.382 e. The second-order valence-corrected chi connectivity index (χ2v) is 1.95. The molecule has 0 aliphatic heterocycles. The summed E-state index contributed by atoms with van der Waals surface area (Å²) in [6.45, 7) is 2.60. The predicted molar refractivity (Wildman–Crippen MR) is 43.3 cm³/mol. The molecule has 0 aliphatic rings. The maximum atomic E-state index is 5.57. The number of aliphatic imine (C=N–C) groups is 1. The first-order chi connectivity index (χ1) is 5.34. The lowest BCUT2D eigenvalue weighted by Crippen LogP contribution is -2.15. The first-order valence-corrected chi connectivity index (χ1v) is 3.41. The van der Waals surface area contributed by atoms with Gasteiger partial charge in [0.15, 0.2) is 0 Å². The number of hydrogen-bond donors (Lipinski definition) is 1. The van der Waals surface area contributed by atoms with E-state index in [0.29, 0.717) is 18.1 Å². The zero-order valence-electron chi connectivity index (χ0n) is 6.36. The molecule has 0 bridgehead atoms. The van der Waals surface area contributed by atoms with Crippen molar-refractivity contribution in [3.05, 3.63) is 24.3 Å². The molecule has 1 aromatic heterocycles. The van der Waals surface area contributed by atoms with Crippen molar-refractivity contribution in [2.24, 2.45) is 10.7 Å². The van der Waals surface area contributed by atoms with Crippen LogP contribution in [0.5, 0.6) is 0 Å². The van der Waals surface area contributed by atoms with Crippen LogP contribution in [0.25, 0.3) is 0 Å². The Labute approximate surface area is 65.2 Å². The van der Waals surface area contributed by atoms with Crippen molar-refractivity contribution in [1.82, 2.24) is 9.97 Å². The van der Waals surface area contributed by atoms with Gasteiger partial charge in [0.2, 0.25) is 0 Å². The molecule has 0 spiro atoms. The number of amidine groups is 1. The van der Waals surface area contributed by atoms with Crippen molar-refractivity contribution in [2.45, 2.75) is 6.92 Å². The van der Waals surface area contributed by atoms with E-state index < -0.39 is 0 Å². The van der Waals surface area contributed by atoms with Gasteiger partial charge in [0, 0.05) is 12.7 Å². The number of nitrogens with zero attached hydrogens (tertiary/aromatic N) is 3. The van der Waals surface area contributed by atoms with Gasteiger partial charge in [-0.2, -0.15) is 0 Å². The molecule has 0 atom stereocenters. The van der Waals surface area contributed by atoms with Crippen molar-refractivity contribution in [3.63, 3.8) is 0 Å².